The Bertz CT molecular complexity index is 966. The first-order chi connectivity index (χ1) is 10.8. The lowest BCUT2D eigenvalue weighted by atomic mass is 9.99. The molecule has 5 nitrogen and oxygen atoms in total. The molecule has 0 spiro atoms. The second-order valence-electron chi connectivity index (χ2n) is 4.62. The molecule has 0 amide bonds. The Labute approximate surface area is 125 Å². The molecule has 0 atom stereocenters. The summed E-state index contributed by atoms with van der Waals surface area (Å²) in [6.45, 7) is 0. The fraction of sp³-hybridized carbons (Fsp3) is 0.0714. The number of hydrogen-bond acceptors (Lipinski definition) is 4. The first-order valence-electron chi connectivity index (χ1n) is 6.22. The van der Waals surface area contributed by atoms with Gasteiger partial charge in [0.15, 0.2) is 11.4 Å². The summed E-state index contributed by atoms with van der Waals surface area (Å²) in [5.41, 5.74) is -3.90. The van der Waals surface area contributed by atoms with E-state index in [2.05, 4.69) is 15.0 Å². The number of H-pyrrole nitrogens is 1. The summed E-state index contributed by atoms with van der Waals surface area (Å²) in [7, 11) is 0. The normalized spacial score (nSPS) is 11.8. The highest BCUT2D eigenvalue weighted by Crippen LogP contribution is 2.40. The fourth-order valence-corrected chi connectivity index (χ4v) is 2.22. The quantitative estimate of drug-likeness (QED) is 0.674. The summed E-state index contributed by atoms with van der Waals surface area (Å²) in [6, 6.07) is 1.81. The van der Waals surface area contributed by atoms with Gasteiger partial charge in [0, 0.05) is 18.0 Å². The van der Waals surface area contributed by atoms with Crippen molar-refractivity contribution < 1.29 is 22.7 Å². The largest absolute Gasteiger partial charge is 0.505 e. The van der Waals surface area contributed by atoms with Gasteiger partial charge >= 0.3 is 6.18 Å². The number of nitrogens with zero attached hydrogens (tertiary/aromatic N) is 2. The van der Waals surface area contributed by atoms with E-state index >= 15 is 0 Å². The van der Waals surface area contributed by atoms with Crippen LogP contribution in [0.4, 0.5) is 17.6 Å². The van der Waals surface area contributed by atoms with Gasteiger partial charge in [0.2, 0.25) is 0 Å². The van der Waals surface area contributed by atoms with Crippen molar-refractivity contribution in [2.45, 2.75) is 6.18 Å². The van der Waals surface area contributed by atoms with E-state index in [-0.39, 0.29) is 17.2 Å². The third-order valence-electron chi connectivity index (χ3n) is 3.17. The van der Waals surface area contributed by atoms with E-state index in [9.17, 15) is 27.5 Å². The molecule has 2 N–H and O–H groups in total. The van der Waals surface area contributed by atoms with Crippen LogP contribution in [0.5, 0.6) is 5.75 Å². The minimum atomic E-state index is -4.91. The number of rotatable bonds is 1. The molecule has 3 aromatic rings. The summed E-state index contributed by atoms with van der Waals surface area (Å²) >= 11 is 0. The number of fused-ring (bicyclic) bond motifs is 1. The van der Waals surface area contributed by atoms with Crippen LogP contribution in [0.15, 0.2) is 35.4 Å². The Morgan fingerprint density at radius 3 is 2.52 bits per heavy atom. The highest BCUT2D eigenvalue weighted by molar-refractivity contribution is 5.87. The number of hydrogen-bond donors (Lipinski definition) is 2. The third kappa shape index (κ3) is 2.50. The van der Waals surface area contributed by atoms with Crippen LogP contribution in [0.1, 0.15) is 5.56 Å². The van der Waals surface area contributed by atoms with Crippen LogP contribution in [-0.4, -0.2) is 20.1 Å². The highest BCUT2D eigenvalue weighted by atomic mass is 19.4. The van der Waals surface area contributed by atoms with E-state index < -0.39 is 40.0 Å². The van der Waals surface area contributed by atoms with Crippen molar-refractivity contribution in [3.8, 4) is 16.9 Å². The van der Waals surface area contributed by atoms with Crippen LogP contribution in [0.2, 0.25) is 0 Å². The Morgan fingerprint density at radius 1 is 1.13 bits per heavy atom. The van der Waals surface area contributed by atoms with E-state index in [0.29, 0.717) is 0 Å². The zero-order chi connectivity index (χ0) is 16.8. The standard InChI is InChI=1S/C14H7F4N3O2/c15-6-1-2-7(8(5-6)14(16,17)18)9-11(22)10-12(21-13(9)23)20-4-3-19-10/h1-5H,(H2,20,21,22,23). The molecule has 1 aromatic carbocycles. The van der Waals surface area contributed by atoms with Crippen molar-refractivity contribution in [3.63, 3.8) is 0 Å². The molecule has 0 fully saturated rings. The summed E-state index contributed by atoms with van der Waals surface area (Å²) in [4.78, 5) is 21.9. The third-order valence-corrected chi connectivity index (χ3v) is 3.17. The Morgan fingerprint density at radius 2 is 1.83 bits per heavy atom. The first kappa shape index (κ1) is 14.9. The summed E-state index contributed by atoms with van der Waals surface area (Å²) in [5, 5.41) is 10.2. The molecule has 0 saturated heterocycles. The van der Waals surface area contributed by atoms with Gasteiger partial charge in [-0.15, -0.1) is 0 Å². The highest BCUT2D eigenvalue weighted by Gasteiger charge is 2.35. The van der Waals surface area contributed by atoms with E-state index in [1.165, 1.54) is 12.4 Å². The number of benzene rings is 1. The summed E-state index contributed by atoms with van der Waals surface area (Å²) < 4.78 is 52.5. The van der Waals surface area contributed by atoms with Gasteiger partial charge in [-0.1, -0.05) is 6.07 Å². The molecule has 3 rings (SSSR count). The van der Waals surface area contributed by atoms with E-state index in [1.54, 1.807) is 0 Å². The van der Waals surface area contributed by atoms with Gasteiger partial charge in [-0.2, -0.15) is 13.2 Å². The second-order valence-corrected chi connectivity index (χ2v) is 4.62. The molecule has 23 heavy (non-hydrogen) atoms. The number of aromatic amines is 1. The zero-order valence-electron chi connectivity index (χ0n) is 11.1. The molecule has 2 aromatic heterocycles. The maximum atomic E-state index is 13.2. The predicted octanol–water partition coefficient (Wildman–Crippen LogP) is 2.85. The van der Waals surface area contributed by atoms with Gasteiger partial charge in [0.05, 0.1) is 11.1 Å². The lowest BCUT2D eigenvalue weighted by Crippen LogP contribution is -2.15. The molecule has 0 radical (unpaired) electrons. The van der Waals surface area contributed by atoms with Crippen LogP contribution in [-0.2, 0) is 6.18 Å². The Kier molecular flexibility index (Phi) is 3.28. The van der Waals surface area contributed by atoms with E-state index in [1.807, 2.05) is 0 Å². The molecular weight excluding hydrogens is 318 g/mol. The molecule has 9 heteroatoms. The van der Waals surface area contributed by atoms with Gasteiger partial charge in [0.1, 0.15) is 11.3 Å². The number of aromatic hydroxyl groups is 1. The molecule has 0 bridgehead atoms. The Balaban J connectivity index is 2.41. The van der Waals surface area contributed by atoms with Gasteiger partial charge in [0.25, 0.3) is 5.56 Å². The van der Waals surface area contributed by atoms with Crippen LogP contribution in [0, 0.1) is 5.82 Å². The molecular formula is C14H7F4N3O2. The van der Waals surface area contributed by atoms with Gasteiger partial charge in [-0.25, -0.2) is 14.4 Å². The fourth-order valence-electron chi connectivity index (χ4n) is 2.22. The molecule has 0 aliphatic rings. The lowest BCUT2D eigenvalue weighted by molar-refractivity contribution is -0.137. The topological polar surface area (TPSA) is 78.9 Å². The SMILES string of the molecule is O=c1[nH]c2nccnc2c(O)c1-c1ccc(F)cc1C(F)(F)F. The van der Waals surface area contributed by atoms with Gasteiger partial charge in [-0.3, -0.25) is 4.79 Å². The maximum Gasteiger partial charge on any atom is 0.417 e. The molecule has 118 valence electrons. The van der Waals surface area contributed by atoms with Crippen LogP contribution in [0.25, 0.3) is 22.3 Å². The van der Waals surface area contributed by atoms with Crippen LogP contribution in [0.3, 0.4) is 0 Å². The number of aromatic nitrogens is 3. The first-order valence-corrected chi connectivity index (χ1v) is 6.22. The molecule has 0 aliphatic heterocycles. The van der Waals surface area contributed by atoms with Gasteiger partial charge < -0.3 is 10.1 Å². The van der Waals surface area contributed by atoms with Crippen molar-refractivity contribution in [1.82, 2.24) is 15.0 Å². The zero-order valence-corrected chi connectivity index (χ0v) is 11.1. The predicted molar refractivity (Wildman–Crippen MR) is 72.2 cm³/mol. The monoisotopic (exact) mass is 325 g/mol. The van der Waals surface area contributed by atoms with Crippen molar-refractivity contribution >= 4 is 11.2 Å². The van der Waals surface area contributed by atoms with Crippen LogP contribution < -0.4 is 5.56 Å². The molecule has 0 unspecified atom stereocenters. The summed E-state index contributed by atoms with van der Waals surface area (Å²) in [5.74, 6) is -1.87. The number of pyridine rings is 1. The van der Waals surface area contributed by atoms with Crippen LogP contribution >= 0.6 is 0 Å². The average Bonchev–Trinajstić information content (AvgIpc) is 2.47. The Hall–Kier alpha value is -2.97. The molecule has 0 aliphatic carbocycles. The average molecular weight is 325 g/mol. The minimum Gasteiger partial charge on any atom is -0.505 e. The van der Waals surface area contributed by atoms with Crippen molar-refractivity contribution in [3.05, 3.63) is 52.3 Å². The minimum absolute atomic E-state index is 0.0746. The van der Waals surface area contributed by atoms with E-state index in [0.717, 1.165) is 12.1 Å². The number of halogens is 4. The van der Waals surface area contributed by atoms with Crippen molar-refractivity contribution in [2.24, 2.45) is 0 Å². The lowest BCUT2D eigenvalue weighted by Gasteiger charge is -2.14. The maximum absolute atomic E-state index is 13.2. The molecule has 2 heterocycles. The smallest absolute Gasteiger partial charge is 0.417 e. The van der Waals surface area contributed by atoms with Crippen molar-refractivity contribution in [2.75, 3.05) is 0 Å². The van der Waals surface area contributed by atoms with E-state index in [4.69, 9.17) is 0 Å². The number of nitrogens with one attached hydrogen (secondary N) is 1. The number of alkyl halides is 3. The molecule has 0 saturated carbocycles. The van der Waals surface area contributed by atoms with Crippen molar-refractivity contribution in [1.29, 1.82) is 0 Å². The second kappa shape index (κ2) is 5.04. The summed E-state index contributed by atoms with van der Waals surface area (Å²) in [6.07, 6.45) is -2.45. The van der Waals surface area contributed by atoms with Gasteiger partial charge in [-0.05, 0) is 12.1 Å².